The van der Waals surface area contributed by atoms with E-state index in [-0.39, 0.29) is 18.4 Å². The standard InChI is InChI=1S/C20H26N2O4/c1-4-5-9-25-17-8-6-7-16(11-17)12-21-19(23)13-22-20(24)18-10-14(2)26-15(18)3/h6-8,10-11H,4-5,9,12-13H2,1-3H3,(H,21,23)(H,22,24). The number of furan rings is 1. The minimum absolute atomic E-state index is 0.0881. The number of amides is 2. The van der Waals surface area contributed by atoms with Gasteiger partial charge in [-0.2, -0.15) is 0 Å². The van der Waals surface area contributed by atoms with E-state index >= 15 is 0 Å². The molecule has 0 aliphatic heterocycles. The predicted molar refractivity (Wildman–Crippen MR) is 99.2 cm³/mol. The summed E-state index contributed by atoms with van der Waals surface area (Å²) in [6.07, 6.45) is 2.09. The minimum Gasteiger partial charge on any atom is -0.494 e. The number of ether oxygens (including phenoxy) is 1. The summed E-state index contributed by atoms with van der Waals surface area (Å²) in [5.74, 6) is 1.43. The van der Waals surface area contributed by atoms with Gasteiger partial charge in [0.1, 0.15) is 17.3 Å². The molecule has 140 valence electrons. The van der Waals surface area contributed by atoms with Crippen LogP contribution in [-0.4, -0.2) is 25.0 Å². The fourth-order valence-electron chi connectivity index (χ4n) is 2.45. The molecule has 0 unspecified atom stereocenters. The molecule has 0 aliphatic rings. The van der Waals surface area contributed by atoms with Gasteiger partial charge in [-0.3, -0.25) is 9.59 Å². The SMILES string of the molecule is CCCCOc1cccc(CNC(=O)CNC(=O)c2cc(C)oc2C)c1. The van der Waals surface area contributed by atoms with Crippen LogP contribution in [0.2, 0.25) is 0 Å². The fourth-order valence-corrected chi connectivity index (χ4v) is 2.45. The number of carbonyl (C=O) groups is 2. The highest BCUT2D eigenvalue weighted by molar-refractivity contribution is 5.97. The Morgan fingerprint density at radius 3 is 2.65 bits per heavy atom. The molecule has 0 aliphatic carbocycles. The second kappa shape index (κ2) is 9.65. The van der Waals surface area contributed by atoms with Crippen molar-refractivity contribution in [2.45, 2.75) is 40.2 Å². The number of rotatable bonds is 9. The van der Waals surface area contributed by atoms with Crippen LogP contribution in [0.3, 0.4) is 0 Å². The molecule has 0 fully saturated rings. The zero-order valence-corrected chi connectivity index (χ0v) is 15.6. The van der Waals surface area contributed by atoms with Crippen LogP contribution >= 0.6 is 0 Å². The van der Waals surface area contributed by atoms with Gasteiger partial charge in [-0.15, -0.1) is 0 Å². The van der Waals surface area contributed by atoms with Gasteiger partial charge < -0.3 is 19.8 Å². The van der Waals surface area contributed by atoms with Gasteiger partial charge in [0.15, 0.2) is 0 Å². The lowest BCUT2D eigenvalue weighted by Crippen LogP contribution is -2.36. The molecule has 1 aromatic heterocycles. The molecule has 1 heterocycles. The van der Waals surface area contributed by atoms with Crippen molar-refractivity contribution in [2.24, 2.45) is 0 Å². The maximum Gasteiger partial charge on any atom is 0.255 e. The van der Waals surface area contributed by atoms with Gasteiger partial charge in [-0.25, -0.2) is 0 Å². The number of hydrogen-bond donors (Lipinski definition) is 2. The monoisotopic (exact) mass is 358 g/mol. The Kier molecular flexibility index (Phi) is 7.26. The van der Waals surface area contributed by atoms with Gasteiger partial charge in [-0.05, 0) is 44.0 Å². The van der Waals surface area contributed by atoms with E-state index in [0.29, 0.717) is 30.2 Å². The van der Waals surface area contributed by atoms with E-state index in [4.69, 9.17) is 9.15 Å². The molecule has 2 N–H and O–H groups in total. The molecule has 0 radical (unpaired) electrons. The van der Waals surface area contributed by atoms with Crippen molar-refractivity contribution >= 4 is 11.8 Å². The average Bonchev–Trinajstić information content (AvgIpc) is 2.97. The molecule has 0 atom stereocenters. The van der Waals surface area contributed by atoms with Crippen LogP contribution in [-0.2, 0) is 11.3 Å². The lowest BCUT2D eigenvalue weighted by Gasteiger charge is -2.09. The van der Waals surface area contributed by atoms with E-state index in [2.05, 4.69) is 17.6 Å². The zero-order valence-electron chi connectivity index (χ0n) is 15.6. The van der Waals surface area contributed by atoms with E-state index < -0.39 is 0 Å². The van der Waals surface area contributed by atoms with Crippen LogP contribution in [0.4, 0.5) is 0 Å². The van der Waals surface area contributed by atoms with Gasteiger partial charge >= 0.3 is 0 Å². The average molecular weight is 358 g/mol. The molecule has 0 saturated carbocycles. The van der Waals surface area contributed by atoms with Gasteiger partial charge in [0, 0.05) is 6.54 Å². The summed E-state index contributed by atoms with van der Waals surface area (Å²) < 4.78 is 11.0. The van der Waals surface area contributed by atoms with Crippen molar-refractivity contribution < 1.29 is 18.7 Å². The van der Waals surface area contributed by atoms with Crippen molar-refractivity contribution in [3.8, 4) is 5.75 Å². The van der Waals surface area contributed by atoms with E-state index in [1.165, 1.54) is 0 Å². The lowest BCUT2D eigenvalue weighted by atomic mass is 10.2. The molecule has 26 heavy (non-hydrogen) atoms. The summed E-state index contributed by atoms with van der Waals surface area (Å²) in [5, 5.41) is 5.39. The van der Waals surface area contributed by atoms with Crippen LogP contribution < -0.4 is 15.4 Å². The highest BCUT2D eigenvalue weighted by Crippen LogP contribution is 2.14. The second-order valence-electron chi connectivity index (χ2n) is 6.14. The number of hydrogen-bond acceptors (Lipinski definition) is 4. The molecule has 0 saturated heterocycles. The molecule has 6 nitrogen and oxygen atoms in total. The van der Waals surface area contributed by atoms with Crippen LogP contribution in [0.1, 0.15) is 47.2 Å². The normalized spacial score (nSPS) is 10.4. The Morgan fingerprint density at radius 1 is 1.15 bits per heavy atom. The minimum atomic E-state index is -0.319. The highest BCUT2D eigenvalue weighted by Gasteiger charge is 2.14. The number of aryl methyl sites for hydroxylation is 2. The molecule has 2 amide bonds. The molecular formula is C20H26N2O4. The molecule has 0 spiro atoms. The first kappa shape index (κ1) is 19.6. The summed E-state index contributed by atoms with van der Waals surface area (Å²) in [6.45, 7) is 6.58. The van der Waals surface area contributed by atoms with E-state index in [1.54, 1.807) is 19.9 Å². The number of nitrogens with one attached hydrogen (secondary N) is 2. The summed E-state index contributed by atoms with van der Waals surface area (Å²) in [7, 11) is 0. The van der Waals surface area contributed by atoms with Crippen LogP contribution in [0.15, 0.2) is 34.7 Å². The first-order chi connectivity index (χ1) is 12.5. The summed E-state index contributed by atoms with van der Waals surface area (Å²) >= 11 is 0. The fraction of sp³-hybridized carbons (Fsp3) is 0.400. The quantitative estimate of drug-likeness (QED) is 0.675. The molecule has 6 heteroatoms. The summed E-state index contributed by atoms with van der Waals surface area (Å²) in [6, 6.07) is 9.28. The third-order valence-electron chi connectivity index (χ3n) is 3.85. The van der Waals surface area contributed by atoms with Gasteiger partial charge in [-0.1, -0.05) is 25.5 Å². The first-order valence-electron chi connectivity index (χ1n) is 8.83. The molecule has 2 rings (SSSR count). The van der Waals surface area contributed by atoms with Crippen LogP contribution in [0.5, 0.6) is 5.75 Å². The third-order valence-corrected chi connectivity index (χ3v) is 3.85. The Balaban J connectivity index is 1.77. The molecule has 2 aromatic rings. The van der Waals surface area contributed by atoms with Crippen molar-refractivity contribution in [1.82, 2.24) is 10.6 Å². The number of benzene rings is 1. The van der Waals surface area contributed by atoms with Gasteiger partial charge in [0.05, 0.1) is 18.7 Å². The summed E-state index contributed by atoms with van der Waals surface area (Å²) in [5.41, 5.74) is 1.40. The maximum absolute atomic E-state index is 12.1. The Labute approximate surface area is 153 Å². The maximum atomic E-state index is 12.1. The topological polar surface area (TPSA) is 80.6 Å². The molecule has 0 bridgehead atoms. The Bertz CT molecular complexity index is 752. The van der Waals surface area contributed by atoms with Crippen molar-refractivity contribution in [3.63, 3.8) is 0 Å². The van der Waals surface area contributed by atoms with Crippen LogP contribution in [0.25, 0.3) is 0 Å². The third kappa shape index (κ3) is 5.95. The zero-order chi connectivity index (χ0) is 18.9. The van der Waals surface area contributed by atoms with Gasteiger partial charge in [0.25, 0.3) is 5.91 Å². The highest BCUT2D eigenvalue weighted by atomic mass is 16.5. The predicted octanol–water partition coefficient (Wildman–Crippen LogP) is 3.12. The molecular weight excluding hydrogens is 332 g/mol. The second-order valence-corrected chi connectivity index (χ2v) is 6.14. The van der Waals surface area contributed by atoms with E-state index in [0.717, 1.165) is 24.2 Å². The first-order valence-corrected chi connectivity index (χ1v) is 8.83. The smallest absolute Gasteiger partial charge is 0.255 e. The van der Waals surface area contributed by atoms with Crippen molar-refractivity contribution in [2.75, 3.05) is 13.2 Å². The molecule has 1 aromatic carbocycles. The van der Waals surface area contributed by atoms with Crippen molar-refractivity contribution in [3.05, 3.63) is 53.0 Å². The number of carbonyl (C=O) groups excluding carboxylic acids is 2. The summed E-state index contributed by atoms with van der Waals surface area (Å²) in [4.78, 5) is 24.0. The van der Waals surface area contributed by atoms with E-state index in [1.807, 2.05) is 24.3 Å². The van der Waals surface area contributed by atoms with Crippen molar-refractivity contribution in [1.29, 1.82) is 0 Å². The lowest BCUT2D eigenvalue weighted by molar-refractivity contribution is -0.120. The van der Waals surface area contributed by atoms with Crippen LogP contribution in [0, 0.1) is 13.8 Å². The Hall–Kier alpha value is -2.76. The Morgan fingerprint density at radius 2 is 1.96 bits per heavy atom. The van der Waals surface area contributed by atoms with Gasteiger partial charge in [0.2, 0.25) is 5.91 Å². The largest absolute Gasteiger partial charge is 0.494 e. The number of unbranched alkanes of at least 4 members (excludes halogenated alkanes) is 1. The van der Waals surface area contributed by atoms with E-state index in [9.17, 15) is 9.59 Å².